The first-order chi connectivity index (χ1) is 15.2. The molecule has 0 spiro atoms. The Kier molecular flexibility index (Phi) is 6.21. The van der Waals surface area contributed by atoms with Crippen LogP contribution in [0.25, 0.3) is 22.4 Å². The first-order valence-corrected chi connectivity index (χ1v) is 10.2. The van der Waals surface area contributed by atoms with Crippen LogP contribution in [-0.4, -0.2) is 7.11 Å². The molecular formula is C27H20ClNO2. The predicted molar refractivity (Wildman–Crippen MR) is 126 cm³/mol. The zero-order chi connectivity index (χ0) is 21.6. The van der Waals surface area contributed by atoms with Gasteiger partial charge >= 0.3 is 0 Å². The largest absolute Gasteiger partial charge is 0.493 e. The molecule has 0 unspecified atom stereocenters. The fraction of sp³-hybridized carbons (Fsp3) is 0.0741. The zero-order valence-electron chi connectivity index (χ0n) is 17.0. The third kappa shape index (κ3) is 4.71. The highest BCUT2D eigenvalue weighted by molar-refractivity contribution is 6.30. The summed E-state index contributed by atoms with van der Waals surface area (Å²) in [5, 5.41) is 12.7. The lowest BCUT2D eigenvalue weighted by molar-refractivity contribution is 0.284. The summed E-state index contributed by atoms with van der Waals surface area (Å²) in [5.41, 5.74) is 3.37. The number of nitriles is 1. The molecule has 0 saturated heterocycles. The molecule has 0 aliphatic rings. The Morgan fingerprint density at radius 2 is 1.71 bits per heavy atom. The van der Waals surface area contributed by atoms with Crippen LogP contribution in [0.5, 0.6) is 11.5 Å². The summed E-state index contributed by atoms with van der Waals surface area (Å²) < 4.78 is 11.5. The van der Waals surface area contributed by atoms with Crippen molar-refractivity contribution in [3.8, 4) is 17.6 Å². The monoisotopic (exact) mass is 425 g/mol. The number of hydrogen-bond donors (Lipinski definition) is 0. The Balaban J connectivity index is 1.62. The van der Waals surface area contributed by atoms with Crippen LogP contribution >= 0.6 is 11.6 Å². The van der Waals surface area contributed by atoms with Gasteiger partial charge in [0.1, 0.15) is 6.61 Å². The maximum absolute atomic E-state index is 9.83. The first kappa shape index (κ1) is 20.5. The van der Waals surface area contributed by atoms with Crippen molar-refractivity contribution in [2.24, 2.45) is 0 Å². The molecule has 4 aromatic carbocycles. The molecule has 0 aliphatic carbocycles. The topological polar surface area (TPSA) is 42.2 Å². The Morgan fingerprint density at radius 3 is 2.48 bits per heavy atom. The van der Waals surface area contributed by atoms with Gasteiger partial charge in [0.25, 0.3) is 0 Å². The van der Waals surface area contributed by atoms with Crippen molar-refractivity contribution in [1.29, 1.82) is 5.26 Å². The van der Waals surface area contributed by atoms with Crippen LogP contribution < -0.4 is 9.47 Å². The van der Waals surface area contributed by atoms with E-state index in [9.17, 15) is 5.26 Å². The number of nitrogens with zero attached hydrogens (tertiary/aromatic N) is 1. The van der Waals surface area contributed by atoms with E-state index in [2.05, 4.69) is 6.07 Å². The van der Waals surface area contributed by atoms with E-state index in [1.165, 1.54) is 0 Å². The molecule has 0 bridgehead atoms. The number of rotatable bonds is 6. The van der Waals surface area contributed by atoms with Gasteiger partial charge in [-0.3, -0.25) is 0 Å². The molecule has 0 aliphatic heterocycles. The molecule has 0 radical (unpaired) electrons. The second kappa shape index (κ2) is 9.38. The maximum atomic E-state index is 9.83. The number of allylic oxidation sites excluding steroid dienone is 1. The van der Waals surface area contributed by atoms with Gasteiger partial charge in [-0.25, -0.2) is 0 Å². The summed E-state index contributed by atoms with van der Waals surface area (Å²) in [6.45, 7) is 0.405. The van der Waals surface area contributed by atoms with Gasteiger partial charge in [0.2, 0.25) is 0 Å². The quantitative estimate of drug-likeness (QED) is 0.243. The number of halogens is 1. The van der Waals surface area contributed by atoms with Gasteiger partial charge in [-0.1, -0.05) is 72.3 Å². The molecule has 0 heterocycles. The van der Waals surface area contributed by atoms with Crippen molar-refractivity contribution < 1.29 is 9.47 Å². The summed E-state index contributed by atoms with van der Waals surface area (Å²) in [6, 6.07) is 29.6. The van der Waals surface area contributed by atoms with Crippen LogP contribution in [0.2, 0.25) is 5.02 Å². The summed E-state index contributed by atoms with van der Waals surface area (Å²) in [6.07, 6.45) is 1.87. The van der Waals surface area contributed by atoms with Crippen LogP contribution in [-0.2, 0) is 6.61 Å². The van der Waals surface area contributed by atoms with Crippen molar-refractivity contribution in [2.45, 2.75) is 6.61 Å². The average molecular weight is 426 g/mol. The zero-order valence-corrected chi connectivity index (χ0v) is 17.8. The number of ether oxygens (including phenoxy) is 2. The maximum Gasteiger partial charge on any atom is 0.161 e. The predicted octanol–water partition coefficient (Wildman–Crippen LogP) is 7.14. The summed E-state index contributed by atoms with van der Waals surface area (Å²) in [5.74, 6) is 1.25. The molecule has 0 fully saturated rings. The number of fused-ring (bicyclic) bond motifs is 1. The molecule has 0 atom stereocenters. The van der Waals surface area contributed by atoms with Crippen molar-refractivity contribution in [2.75, 3.05) is 7.11 Å². The average Bonchev–Trinajstić information content (AvgIpc) is 2.82. The SMILES string of the molecule is COc1cc(/C=C(/C#N)c2cccc3ccccc23)ccc1OCc1ccc(Cl)cc1. The number of hydrogen-bond acceptors (Lipinski definition) is 3. The highest BCUT2D eigenvalue weighted by Gasteiger charge is 2.09. The lowest BCUT2D eigenvalue weighted by atomic mass is 9.97. The summed E-state index contributed by atoms with van der Waals surface area (Å²) in [4.78, 5) is 0. The second-order valence-corrected chi connectivity index (χ2v) is 7.46. The summed E-state index contributed by atoms with van der Waals surface area (Å²) in [7, 11) is 1.61. The Morgan fingerprint density at radius 1 is 0.935 bits per heavy atom. The van der Waals surface area contributed by atoms with Crippen LogP contribution in [0, 0.1) is 11.3 Å². The third-order valence-corrected chi connectivity index (χ3v) is 5.26. The smallest absolute Gasteiger partial charge is 0.161 e. The molecule has 0 N–H and O–H groups in total. The first-order valence-electron chi connectivity index (χ1n) is 9.83. The molecule has 3 nitrogen and oxygen atoms in total. The van der Waals surface area contributed by atoms with Crippen molar-refractivity contribution in [3.05, 3.63) is 107 Å². The molecule has 0 amide bonds. The Hall–Kier alpha value is -3.74. The highest BCUT2D eigenvalue weighted by atomic mass is 35.5. The van der Waals surface area contributed by atoms with Gasteiger partial charge in [-0.2, -0.15) is 5.26 Å². The summed E-state index contributed by atoms with van der Waals surface area (Å²) >= 11 is 5.93. The lowest BCUT2D eigenvalue weighted by Crippen LogP contribution is -1.98. The van der Waals surface area contributed by atoms with Crippen molar-refractivity contribution >= 4 is 34.0 Å². The standard InChI is InChI=1S/C27H20ClNO2/c1-30-27-16-20(11-14-26(27)31-18-19-9-12-23(28)13-10-19)15-22(17-29)25-8-4-6-21-5-2-3-7-24(21)25/h2-16H,18H2,1H3/b22-15-. The van der Waals surface area contributed by atoms with E-state index in [0.717, 1.165) is 27.5 Å². The molecule has 4 rings (SSSR count). The van der Waals surface area contributed by atoms with Gasteiger partial charge in [-0.15, -0.1) is 0 Å². The van der Waals surface area contributed by atoms with E-state index in [0.29, 0.717) is 28.7 Å². The molecule has 0 aromatic heterocycles. The van der Waals surface area contributed by atoms with E-state index in [1.54, 1.807) is 7.11 Å². The van der Waals surface area contributed by atoms with Crippen LogP contribution in [0.1, 0.15) is 16.7 Å². The Labute approximate surface area is 186 Å². The van der Waals surface area contributed by atoms with Crippen molar-refractivity contribution in [3.63, 3.8) is 0 Å². The molecule has 4 heteroatoms. The van der Waals surface area contributed by atoms with Crippen LogP contribution in [0.4, 0.5) is 0 Å². The van der Waals surface area contributed by atoms with Crippen molar-refractivity contribution in [1.82, 2.24) is 0 Å². The molecular weight excluding hydrogens is 406 g/mol. The molecule has 152 valence electrons. The van der Waals surface area contributed by atoms with Crippen LogP contribution in [0.15, 0.2) is 84.9 Å². The lowest BCUT2D eigenvalue weighted by Gasteiger charge is -2.12. The third-order valence-electron chi connectivity index (χ3n) is 5.01. The highest BCUT2D eigenvalue weighted by Crippen LogP contribution is 2.32. The van der Waals surface area contributed by atoms with Gasteiger partial charge in [0.15, 0.2) is 11.5 Å². The van der Waals surface area contributed by atoms with Gasteiger partial charge < -0.3 is 9.47 Å². The minimum absolute atomic E-state index is 0.405. The van der Waals surface area contributed by atoms with Crippen LogP contribution in [0.3, 0.4) is 0 Å². The van der Waals surface area contributed by atoms with Gasteiger partial charge in [-0.05, 0) is 52.2 Å². The number of methoxy groups -OCH3 is 1. The molecule has 0 saturated carbocycles. The molecule has 4 aromatic rings. The second-order valence-electron chi connectivity index (χ2n) is 7.02. The fourth-order valence-corrected chi connectivity index (χ4v) is 3.56. The molecule has 31 heavy (non-hydrogen) atoms. The minimum Gasteiger partial charge on any atom is -0.493 e. The van der Waals surface area contributed by atoms with E-state index in [1.807, 2.05) is 91.0 Å². The van der Waals surface area contributed by atoms with Gasteiger partial charge in [0.05, 0.1) is 18.8 Å². The van der Waals surface area contributed by atoms with E-state index in [-0.39, 0.29) is 0 Å². The fourth-order valence-electron chi connectivity index (χ4n) is 3.43. The van der Waals surface area contributed by atoms with Gasteiger partial charge in [0, 0.05) is 10.6 Å². The van der Waals surface area contributed by atoms with E-state index >= 15 is 0 Å². The van der Waals surface area contributed by atoms with E-state index < -0.39 is 0 Å². The Bertz CT molecular complexity index is 1280. The van der Waals surface area contributed by atoms with E-state index in [4.69, 9.17) is 21.1 Å². The minimum atomic E-state index is 0.405. The normalized spacial score (nSPS) is 11.2. The number of benzene rings is 4.